The van der Waals surface area contributed by atoms with Crippen LogP contribution in [-0.4, -0.2) is 30.1 Å². The third-order valence-corrected chi connectivity index (χ3v) is 5.17. The number of thiophene rings is 1. The summed E-state index contributed by atoms with van der Waals surface area (Å²) in [6, 6.07) is 5.44. The maximum Gasteiger partial charge on any atom is 0.283 e. The van der Waals surface area contributed by atoms with Crippen LogP contribution in [0.1, 0.15) is 21.8 Å². The van der Waals surface area contributed by atoms with Crippen molar-refractivity contribution in [2.45, 2.75) is 20.8 Å². The van der Waals surface area contributed by atoms with Gasteiger partial charge in [-0.25, -0.2) is 4.98 Å². The van der Waals surface area contributed by atoms with Crippen LogP contribution in [0, 0.1) is 20.8 Å². The van der Waals surface area contributed by atoms with E-state index in [1.807, 2.05) is 19.9 Å². The molecule has 6 nitrogen and oxygen atoms in total. The molecule has 0 aliphatic carbocycles. The second-order valence-electron chi connectivity index (χ2n) is 5.60. The lowest BCUT2D eigenvalue weighted by atomic mass is 10.2. The molecule has 130 valence electrons. The molecule has 0 N–H and O–H groups in total. The summed E-state index contributed by atoms with van der Waals surface area (Å²) in [6.07, 6.45) is 1.61. The molecule has 0 radical (unpaired) electrons. The van der Waals surface area contributed by atoms with Gasteiger partial charge in [0, 0.05) is 4.88 Å². The minimum Gasteiger partial charge on any atom is -0.493 e. The van der Waals surface area contributed by atoms with Gasteiger partial charge in [0.15, 0.2) is 11.5 Å². The molecule has 0 amide bonds. The van der Waals surface area contributed by atoms with Crippen LogP contribution in [0.3, 0.4) is 0 Å². The summed E-state index contributed by atoms with van der Waals surface area (Å²) < 4.78 is 11.8. The van der Waals surface area contributed by atoms with Crippen LogP contribution in [0.2, 0.25) is 0 Å². The first-order chi connectivity index (χ1) is 12.0. The van der Waals surface area contributed by atoms with E-state index in [4.69, 9.17) is 9.47 Å². The molecule has 2 heterocycles. The number of hydrogen-bond donors (Lipinski definition) is 0. The lowest BCUT2D eigenvalue weighted by molar-refractivity contribution is 0.355. The Morgan fingerprint density at radius 3 is 2.56 bits per heavy atom. The van der Waals surface area contributed by atoms with Crippen molar-refractivity contribution in [1.29, 1.82) is 0 Å². The van der Waals surface area contributed by atoms with Crippen molar-refractivity contribution in [2.75, 3.05) is 14.2 Å². The van der Waals surface area contributed by atoms with Crippen LogP contribution < -0.4 is 15.0 Å². The Morgan fingerprint density at radius 1 is 1.16 bits per heavy atom. The Bertz CT molecular complexity index is 1030. The van der Waals surface area contributed by atoms with Gasteiger partial charge in [-0.15, -0.1) is 11.3 Å². The van der Waals surface area contributed by atoms with Gasteiger partial charge in [0.1, 0.15) is 10.7 Å². The molecule has 0 saturated carbocycles. The van der Waals surface area contributed by atoms with E-state index in [0.717, 1.165) is 20.8 Å². The molecule has 7 heteroatoms. The summed E-state index contributed by atoms with van der Waals surface area (Å²) in [5.41, 5.74) is 1.61. The Balaban J connectivity index is 2.07. The summed E-state index contributed by atoms with van der Waals surface area (Å²) >= 11 is 1.53. The van der Waals surface area contributed by atoms with Gasteiger partial charge in [0.2, 0.25) is 0 Å². The van der Waals surface area contributed by atoms with E-state index in [0.29, 0.717) is 22.7 Å². The minimum absolute atomic E-state index is 0.152. The highest BCUT2D eigenvalue weighted by Gasteiger charge is 2.14. The Labute approximate surface area is 149 Å². The van der Waals surface area contributed by atoms with E-state index in [-0.39, 0.29) is 5.56 Å². The van der Waals surface area contributed by atoms with Crippen molar-refractivity contribution in [1.82, 2.24) is 9.66 Å². The van der Waals surface area contributed by atoms with E-state index in [1.165, 1.54) is 16.0 Å². The second kappa shape index (κ2) is 6.68. The molecule has 0 aliphatic rings. The van der Waals surface area contributed by atoms with E-state index < -0.39 is 0 Å². The summed E-state index contributed by atoms with van der Waals surface area (Å²) in [5.74, 6) is 1.80. The lowest BCUT2D eigenvalue weighted by Gasteiger charge is -2.07. The van der Waals surface area contributed by atoms with Crippen LogP contribution in [0.15, 0.2) is 28.1 Å². The molecule has 0 spiro atoms. The zero-order valence-corrected chi connectivity index (χ0v) is 15.6. The molecule has 25 heavy (non-hydrogen) atoms. The standard InChI is InChI=1S/C18H19N3O3S/c1-10-11(2)25-17-16(10)18(22)21(12(3)20-17)19-9-13-6-7-14(23-4)15(8-13)24-5/h6-9H,1-5H3/b19-9-. The zero-order chi connectivity index (χ0) is 18.1. The Kier molecular flexibility index (Phi) is 4.59. The molecule has 3 aromatic rings. The van der Waals surface area contributed by atoms with Gasteiger partial charge in [-0.1, -0.05) is 0 Å². The van der Waals surface area contributed by atoms with Crippen molar-refractivity contribution in [3.8, 4) is 11.5 Å². The van der Waals surface area contributed by atoms with Crippen LogP contribution in [0.25, 0.3) is 10.2 Å². The molecular weight excluding hydrogens is 338 g/mol. The first-order valence-electron chi connectivity index (χ1n) is 7.72. The maximum atomic E-state index is 12.8. The number of methoxy groups -OCH3 is 2. The Hall–Kier alpha value is -2.67. The van der Waals surface area contributed by atoms with Crippen molar-refractivity contribution in [2.24, 2.45) is 5.10 Å². The third kappa shape index (κ3) is 3.02. The van der Waals surface area contributed by atoms with Crippen molar-refractivity contribution >= 4 is 27.8 Å². The fourth-order valence-electron chi connectivity index (χ4n) is 2.58. The normalized spacial score (nSPS) is 11.4. The largest absolute Gasteiger partial charge is 0.493 e. The van der Waals surface area contributed by atoms with Gasteiger partial charge in [-0.2, -0.15) is 9.78 Å². The molecule has 2 aromatic heterocycles. The molecule has 0 bridgehead atoms. The third-order valence-electron chi connectivity index (χ3n) is 4.07. The molecular formula is C18H19N3O3S. The van der Waals surface area contributed by atoms with Gasteiger partial charge in [-0.3, -0.25) is 4.79 Å². The highest BCUT2D eigenvalue weighted by molar-refractivity contribution is 7.18. The average Bonchev–Trinajstić information content (AvgIpc) is 2.88. The second-order valence-corrected chi connectivity index (χ2v) is 6.80. The number of nitrogens with zero attached hydrogens (tertiary/aromatic N) is 3. The van der Waals surface area contributed by atoms with Gasteiger partial charge >= 0.3 is 0 Å². The number of aromatic nitrogens is 2. The number of benzene rings is 1. The summed E-state index contributed by atoms with van der Waals surface area (Å²) in [6.45, 7) is 5.71. The van der Waals surface area contributed by atoms with Gasteiger partial charge < -0.3 is 9.47 Å². The summed E-state index contributed by atoms with van der Waals surface area (Å²) in [5, 5.41) is 4.97. The van der Waals surface area contributed by atoms with E-state index >= 15 is 0 Å². The minimum atomic E-state index is -0.152. The highest BCUT2D eigenvalue weighted by Crippen LogP contribution is 2.27. The van der Waals surface area contributed by atoms with Crippen molar-refractivity contribution < 1.29 is 9.47 Å². The molecule has 0 saturated heterocycles. The first-order valence-corrected chi connectivity index (χ1v) is 8.53. The zero-order valence-electron chi connectivity index (χ0n) is 14.8. The number of fused-ring (bicyclic) bond motifs is 1. The van der Waals surface area contributed by atoms with Gasteiger partial charge in [-0.05, 0) is 50.1 Å². The predicted molar refractivity (Wildman–Crippen MR) is 101 cm³/mol. The maximum absolute atomic E-state index is 12.8. The van der Waals surface area contributed by atoms with E-state index in [2.05, 4.69) is 10.1 Å². The first kappa shape index (κ1) is 17.2. The van der Waals surface area contributed by atoms with Crippen molar-refractivity contribution in [3.63, 3.8) is 0 Å². The van der Waals surface area contributed by atoms with Crippen LogP contribution in [-0.2, 0) is 0 Å². The molecule has 3 rings (SSSR count). The molecule has 0 aliphatic heterocycles. The summed E-state index contributed by atoms with van der Waals surface area (Å²) in [4.78, 5) is 19.2. The monoisotopic (exact) mass is 357 g/mol. The number of aryl methyl sites for hydroxylation is 3. The number of rotatable bonds is 4. The molecule has 0 unspecified atom stereocenters. The number of hydrogen-bond acceptors (Lipinski definition) is 6. The smallest absolute Gasteiger partial charge is 0.283 e. The fourth-order valence-corrected chi connectivity index (χ4v) is 3.65. The number of ether oxygens (including phenoxy) is 2. The molecule has 0 atom stereocenters. The molecule has 1 aromatic carbocycles. The van der Waals surface area contributed by atoms with E-state index in [1.54, 1.807) is 39.5 Å². The SMILES string of the molecule is COc1ccc(/C=N\n2c(C)nc3sc(C)c(C)c3c2=O)cc1OC. The van der Waals surface area contributed by atoms with Crippen LogP contribution >= 0.6 is 11.3 Å². The van der Waals surface area contributed by atoms with Crippen LogP contribution in [0.4, 0.5) is 0 Å². The highest BCUT2D eigenvalue weighted by atomic mass is 32.1. The summed E-state index contributed by atoms with van der Waals surface area (Å²) in [7, 11) is 3.16. The predicted octanol–water partition coefficient (Wildman–Crippen LogP) is 3.28. The molecule has 0 fully saturated rings. The van der Waals surface area contributed by atoms with Gasteiger partial charge in [0.05, 0.1) is 25.8 Å². The average molecular weight is 357 g/mol. The quantitative estimate of drug-likeness (QED) is 0.672. The Morgan fingerprint density at radius 2 is 1.88 bits per heavy atom. The van der Waals surface area contributed by atoms with Crippen LogP contribution in [0.5, 0.6) is 11.5 Å². The fraction of sp³-hybridized carbons (Fsp3) is 0.278. The van der Waals surface area contributed by atoms with Crippen molar-refractivity contribution in [3.05, 3.63) is 50.4 Å². The topological polar surface area (TPSA) is 65.7 Å². The lowest BCUT2D eigenvalue weighted by Crippen LogP contribution is -2.20. The van der Waals surface area contributed by atoms with Gasteiger partial charge in [0.25, 0.3) is 5.56 Å². The van der Waals surface area contributed by atoms with E-state index in [9.17, 15) is 4.79 Å².